The van der Waals surface area contributed by atoms with Crippen LogP contribution in [0.15, 0.2) is 41.0 Å². The summed E-state index contributed by atoms with van der Waals surface area (Å²) in [6.45, 7) is 2.00. The molecule has 2 aromatic rings. The van der Waals surface area contributed by atoms with Crippen LogP contribution in [-0.4, -0.2) is 4.98 Å². The molecule has 1 N–H and O–H groups in total. The molecule has 0 bridgehead atoms. The van der Waals surface area contributed by atoms with Gasteiger partial charge in [0.2, 0.25) is 0 Å². The van der Waals surface area contributed by atoms with Gasteiger partial charge in [-0.3, -0.25) is 4.98 Å². The summed E-state index contributed by atoms with van der Waals surface area (Å²) in [4.78, 5) is 4.19. The Hall–Kier alpha value is -1.33. The Kier molecular flexibility index (Phi) is 4.61. The first-order chi connectivity index (χ1) is 9.09. The highest BCUT2D eigenvalue weighted by Gasteiger charge is 2.14. The summed E-state index contributed by atoms with van der Waals surface area (Å²) in [6.07, 6.45) is 1.69. The average Bonchev–Trinajstić information content (AvgIpc) is 2.44. The zero-order valence-electron chi connectivity index (χ0n) is 10.3. The molecular formula is C14H13BrF2N2. The molecule has 100 valence electrons. The van der Waals surface area contributed by atoms with Crippen molar-refractivity contribution in [2.75, 3.05) is 0 Å². The van der Waals surface area contributed by atoms with Gasteiger partial charge in [-0.05, 0) is 47.1 Å². The molecule has 1 heterocycles. The third kappa shape index (κ3) is 3.36. The molecule has 1 atom stereocenters. The van der Waals surface area contributed by atoms with Crippen LogP contribution in [0.2, 0.25) is 0 Å². The van der Waals surface area contributed by atoms with Crippen molar-refractivity contribution in [1.29, 1.82) is 0 Å². The SMILES string of the molecule is C[C@@H](NCc1c(F)ccc(Br)c1F)c1ccccn1. The summed E-state index contributed by atoms with van der Waals surface area (Å²) >= 11 is 3.05. The highest BCUT2D eigenvalue weighted by Crippen LogP contribution is 2.22. The second-order valence-electron chi connectivity index (χ2n) is 4.18. The predicted molar refractivity (Wildman–Crippen MR) is 73.5 cm³/mol. The monoisotopic (exact) mass is 326 g/mol. The van der Waals surface area contributed by atoms with Crippen LogP contribution >= 0.6 is 15.9 Å². The van der Waals surface area contributed by atoms with Crippen molar-refractivity contribution in [3.63, 3.8) is 0 Å². The van der Waals surface area contributed by atoms with Crippen LogP contribution < -0.4 is 5.32 Å². The van der Waals surface area contributed by atoms with E-state index in [1.807, 2.05) is 25.1 Å². The molecule has 5 heteroatoms. The predicted octanol–water partition coefficient (Wildman–Crippen LogP) is 3.97. The molecule has 0 saturated heterocycles. The summed E-state index contributed by atoms with van der Waals surface area (Å²) < 4.78 is 27.6. The number of hydrogen-bond donors (Lipinski definition) is 1. The van der Waals surface area contributed by atoms with Crippen molar-refractivity contribution in [2.45, 2.75) is 19.5 Å². The maximum Gasteiger partial charge on any atom is 0.144 e. The van der Waals surface area contributed by atoms with Crippen LogP contribution in [0.5, 0.6) is 0 Å². The van der Waals surface area contributed by atoms with E-state index < -0.39 is 11.6 Å². The van der Waals surface area contributed by atoms with E-state index in [1.165, 1.54) is 12.1 Å². The van der Waals surface area contributed by atoms with Crippen LogP contribution in [0.25, 0.3) is 0 Å². The molecule has 1 aromatic heterocycles. The first-order valence-electron chi connectivity index (χ1n) is 5.86. The molecule has 2 rings (SSSR count). The lowest BCUT2D eigenvalue weighted by Gasteiger charge is -2.14. The molecule has 19 heavy (non-hydrogen) atoms. The fourth-order valence-electron chi connectivity index (χ4n) is 1.72. The topological polar surface area (TPSA) is 24.9 Å². The highest BCUT2D eigenvalue weighted by molar-refractivity contribution is 9.10. The number of nitrogens with zero attached hydrogens (tertiary/aromatic N) is 1. The van der Waals surface area contributed by atoms with Gasteiger partial charge in [-0.15, -0.1) is 0 Å². The van der Waals surface area contributed by atoms with E-state index in [1.54, 1.807) is 6.20 Å². The number of aromatic nitrogens is 1. The lowest BCUT2D eigenvalue weighted by molar-refractivity contribution is 0.502. The number of pyridine rings is 1. The van der Waals surface area contributed by atoms with Crippen molar-refractivity contribution in [1.82, 2.24) is 10.3 Å². The van der Waals surface area contributed by atoms with E-state index >= 15 is 0 Å². The van der Waals surface area contributed by atoms with E-state index in [2.05, 4.69) is 26.2 Å². The van der Waals surface area contributed by atoms with Crippen molar-refractivity contribution in [3.8, 4) is 0 Å². The first kappa shape index (κ1) is 14.1. The fourth-order valence-corrected chi connectivity index (χ4v) is 2.09. The zero-order valence-corrected chi connectivity index (χ0v) is 11.9. The molecule has 0 aliphatic heterocycles. The van der Waals surface area contributed by atoms with E-state index in [0.717, 1.165) is 5.69 Å². The normalized spacial score (nSPS) is 12.4. The third-order valence-corrected chi connectivity index (χ3v) is 3.47. The largest absolute Gasteiger partial charge is 0.305 e. The van der Waals surface area contributed by atoms with Gasteiger partial charge in [-0.25, -0.2) is 8.78 Å². The molecular weight excluding hydrogens is 314 g/mol. The van der Waals surface area contributed by atoms with E-state index in [0.29, 0.717) is 0 Å². The maximum absolute atomic E-state index is 13.8. The smallest absolute Gasteiger partial charge is 0.144 e. The molecule has 0 aliphatic rings. The van der Waals surface area contributed by atoms with Crippen LogP contribution in [0.4, 0.5) is 8.78 Å². The molecule has 1 aromatic carbocycles. The summed E-state index contributed by atoms with van der Waals surface area (Å²) in [7, 11) is 0. The van der Waals surface area contributed by atoms with E-state index in [9.17, 15) is 8.78 Å². The van der Waals surface area contributed by atoms with Gasteiger partial charge in [0.25, 0.3) is 0 Å². The lowest BCUT2D eigenvalue weighted by atomic mass is 10.1. The van der Waals surface area contributed by atoms with Crippen LogP contribution in [-0.2, 0) is 6.54 Å². The molecule has 2 nitrogen and oxygen atoms in total. The fraction of sp³-hybridized carbons (Fsp3) is 0.214. The van der Waals surface area contributed by atoms with Gasteiger partial charge in [-0.1, -0.05) is 6.07 Å². The Morgan fingerprint density at radius 2 is 2.05 bits per heavy atom. The van der Waals surface area contributed by atoms with Crippen LogP contribution in [0.1, 0.15) is 24.2 Å². The second kappa shape index (κ2) is 6.21. The van der Waals surface area contributed by atoms with Crippen molar-refractivity contribution in [2.24, 2.45) is 0 Å². The minimum atomic E-state index is -0.569. The van der Waals surface area contributed by atoms with Gasteiger partial charge in [-0.2, -0.15) is 0 Å². The van der Waals surface area contributed by atoms with Gasteiger partial charge in [0.1, 0.15) is 11.6 Å². The second-order valence-corrected chi connectivity index (χ2v) is 5.03. The summed E-state index contributed by atoms with van der Waals surface area (Å²) in [5, 5.41) is 3.06. The molecule has 0 aliphatic carbocycles. The number of nitrogens with one attached hydrogen (secondary N) is 1. The van der Waals surface area contributed by atoms with Gasteiger partial charge in [0, 0.05) is 24.3 Å². The summed E-state index contributed by atoms with van der Waals surface area (Å²) in [5.74, 6) is -1.12. The van der Waals surface area contributed by atoms with E-state index in [4.69, 9.17) is 0 Å². The molecule has 0 unspecified atom stereocenters. The van der Waals surface area contributed by atoms with Gasteiger partial charge >= 0.3 is 0 Å². The Balaban J connectivity index is 2.09. The highest BCUT2D eigenvalue weighted by atomic mass is 79.9. The Morgan fingerprint density at radius 1 is 1.26 bits per heavy atom. The molecule has 0 spiro atoms. The summed E-state index contributed by atoms with van der Waals surface area (Å²) in [6, 6.07) is 8.08. The molecule has 0 amide bonds. The standard InChI is InChI=1S/C14H13BrF2N2/c1-9(13-4-2-3-7-18-13)19-8-10-12(16)6-5-11(15)14(10)17/h2-7,9,19H,8H2,1H3/t9-/m1/s1. The zero-order chi connectivity index (χ0) is 13.8. The van der Waals surface area contributed by atoms with Gasteiger partial charge in [0.15, 0.2) is 0 Å². The average molecular weight is 327 g/mol. The Bertz CT molecular complexity index is 561. The van der Waals surface area contributed by atoms with Crippen LogP contribution in [0.3, 0.4) is 0 Å². The molecule has 0 fully saturated rings. The van der Waals surface area contributed by atoms with E-state index in [-0.39, 0.29) is 22.6 Å². The molecule has 0 saturated carbocycles. The number of hydrogen-bond acceptors (Lipinski definition) is 2. The minimum Gasteiger partial charge on any atom is -0.305 e. The van der Waals surface area contributed by atoms with Crippen molar-refractivity contribution >= 4 is 15.9 Å². The maximum atomic E-state index is 13.8. The lowest BCUT2D eigenvalue weighted by Crippen LogP contribution is -2.20. The van der Waals surface area contributed by atoms with Crippen LogP contribution in [0, 0.1) is 11.6 Å². The number of rotatable bonds is 4. The Morgan fingerprint density at radius 3 is 2.74 bits per heavy atom. The van der Waals surface area contributed by atoms with Crippen molar-refractivity contribution in [3.05, 3.63) is 63.9 Å². The molecule has 0 radical (unpaired) electrons. The minimum absolute atomic E-state index is 0.0251. The van der Waals surface area contributed by atoms with Crippen molar-refractivity contribution < 1.29 is 8.78 Å². The van der Waals surface area contributed by atoms with Gasteiger partial charge in [0.05, 0.1) is 10.2 Å². The number of benzene rings is 1. The summed E-state index contributed by atoms with van der Waals surface area (Å²) in [5.41, 5.74) is 0.857. The van der Waals surface area contributed by atoms with Gasteiger partial charge < -0.3 is 5.32 Å². The Labute approximate surface area is 119 Å². The number of halogens is 3. The quantitative estimate of drug-likeness (QED) is 0.860. The third-order valence-electron chi connectivity index (χ3n) is 2.86. The first-order valence-corrected chi connectivity index (χ1v) is 6.65.